The van der Waals surface area contributed by atoms with Crippen LogP contribution >= 0.6 is 0 Å². The second kappa shape index (κ2) is 11.0. The molecule has 0 saturated carbocycles. The highest BCUT2D eigenvalue weighted by molar-refractivity contribution is 6.52. The lowest BCUT2D eigenvalue weighted by atomic mass is 10.0. The Balaban J connectivity index is 1.30. The zero-order valence-electron chi connectivity index (χ0n) is 23.2. The van der Waals surface area contributed by atoms with Gasteiger partial charge in [-0.3, -0.25) is 29.1 Å². The van der Waals surface area contributed by atoms with Crippen LogP contribution in [0.25, 0.3) is 10.9 Å². The van der Waals surface area contributed by atoms with Gasteiger partial charge in [-0.25, -0.2) is 0 Å². The number of carbonyl (C=O) groups excluding carboxylic acids is 4. The van der Waals surface area contributed by atoms with Crippen molar-refractivity contribution in [3.8, 4) is 11.5 Å². The number of pyridine rings is 1. The zero-order chi connectivity index (χ0) is 30.2. The Morgan fingerprint density at radius 1 is 0.977 bits per heavy atom. The number of nitrogens with zero attached hydrogens (tertiary/aromatic N) is 3. The molecule has 0 fully saturated rings. The van der Waals surface area contributed by atoms with E-state index in [2.05, 4.69) is 15.3 Å². The molecule has 4 heterocycles. The zero-order valence-corrected chi connectivity index (χ0v) is 23.2. The van der Waals surface area contributed by atoms with Crippen molar-refractivity contribution in [3.05, 3.63) is 114 Å². The van der Waals surface area contributed by atoms with E-state index >= 15 is 0 Å². The molecule has 0 saturated heterocycles. The number of ether oxygens (including phenoxy) is 2. The van der Waals surface area contributed by atoms with Gasteiger partial charge in [-0.1, -0.05) is 36.4 Å². The van der Waals surface area contributed by atoms with E-state index < -0.39 is 36.1 Å². The number of fused-ring (bicyclic) bond motifs is 3. The Bertz CT molecular complexity index is 1940. The number of H-pyrrole nitrogens is 1. The van der Waals surface area contributed by atoms with E-state index in [9.17, 15) is 19.2 Å². The predicted octanol–water partition coefficient (Wildman–Crippen LogP) is 4.23. The third-order valence-corrected chi connectivity index (χ3v) is 7.68. The van der Waals surface area contributed by atoms with Crippen molar-refractivity contribution >= 4 is 45.8 Å². The van der Waals surface area contributed by atoms with E-state index in [0.29, 0.717) is 34.0 Å². The van der Waals surface area contributed by atoms with Crippen LogP contribution in [0.2, 0.25) is 0 Å². The van der Waals surface area contributed by atoms with Crippen LogP contribution < -0.4 is 19.7 Å². The average Bonchev–Trinajstić information content (AvgIpc) is 3.75. The maximum atomic E-state index is 14.3. The molecule has 2 aromatic heterocycles. The van der Waals surface area contributed by atoms with Gasteiger partial charge in [-0.15, -0.1) is 0 Å². The SMILES string of the molecule is O=C1C(=O)N(CC(=O)N(Cc2cccnc2)[C@H](C(=O)Nc2ccc3c(c2)OCO3)c2c[nH]c3ccccc23)c2ccccc21. The lowest BCUT2D eigenvalue weighted by Gasteiger charge is -2.32. The van der Waals surface area contributed by atoms with Gasteiger partial charge < -0.3 is 24.7 Å². The predicted molar refractivity (Wildman–Crippen MR) is 160 cm³/mol. The van der Waals surface area contributed by atoms with Gasteiger partial charge in [-0.05, 0) is 42.0 Å². The van der Waals surface area contributed by atoms with Crippen molar-refractivity contribution in [2.45, 2.75) is 12.6 Å². The first-order valence-corrected chi connectivity index (χ1v) is 13.9. The average molecular weight is 588 g/mol. The number of aromatic nitrogens is 2. The molecule has 5 aromatic rings. The smallest absolute Gasteiger partial charge is 0.299 e. The first-order chi connectivity index (χ1) is 21.5. The minimum Gasteiger partial charge on any atom is -0.454 e. The number of aromatic amines is 1. The van der Waals surface area contributed by atoms with Gasteiger partial charge in [0.15, 0.2) is 11.5 Å². The van der Waals surface area contributed by atoms with Crippen LogP contribution in [0.5, 0.6) is 11.5 Å². The molecule has 0 spiro atoms. The third kappa shape index (κ3) is 4.79. The maximum absolute atomic E-state index is 14.3. The minimum atomic E-state index is -1.15. The fraction of sp³-hybridized carbons (Fsp3) is 0.121. The van der Waals surface area contributed by atoms with Gasteiger partial charge in [0.1, 0.15) is 12.6 Å². The number of hydrogen-bond donors (Lipinski definition) is 2. The summed E-state index contributed by atoms with van der Waals surface area (Å²) in [5, 5.41) is 3.69. The van der Waals surface area contributed by atoms with E-state index in [-0.39, 0.29) is 18.9 Å². The molecule has 3 aromatic carbocycles. The highest BCUT2D eigenvalue weighted by atomic mass is 16.7. The van der Waals surface area contributed by atoms with Crippen molar-refractivity contribution in [3.63, 3.8) is 0 Å². The second-order valence-corrected chi connectivity index (χ2v) is 10.4. The highest BCUT2D eigenvalue weighted by Gasteiger charge is 2.40. The molecule has 2 N–H and O–H groups in total. The third-order valence-electron chi connectivity index (χ3n) is 7.68. The molecule has 0 unspecified atom stereocenters. The molecule has 218 valence electrons. The summed E-state index contributed by atoms with van der Waals surface area (Å²) in [6, 6.07) is 21.5. The normalized spacial score (nSPS) is 14.0. The summed E-state index contributed by atoms with van der Waals surface area (Å²) in [4.78, 5) is 64.3. The molecule has 0 bridgehead atoms. The van der Waals surface area contributed by atoms with Crippen LogP contribution in [0.1, 0.15) is 27.5 Å². The molecule has 2 aliphatic rings. The number of carbonyl (C=O) groups is 4. The number of Topliss-reactive ketones (excluding diaryl/α,β-unsaturated/α-hetero) is 1. The number of rotatable bonds is 8. The van der Waals surface area contributed by atoms with Gasteiger partial charge in [0.25, 0.3) is 17.6 Å². The number of ketones is 1. The van der Waals surface area contributed by atoms with Gasteiger partial charge in [0, 0.05) is 53.4 Å². The van der Waals surface area contributed by atoms with Crippen LogP contribution in [0.15, 0.2) is 97.5 Å². The summed E-state index contributed by atoms with van der Waals surface area (Å²) in [7, 11) is 0. The second-order valence-electron chi connectivity index (χ2n) is 10.4. The first-order valence-electron chi connectivity index (χ1n) is 13.9. The molecular formula is C33H25N5O6. The molecule has 11 heteroatoms. The van der Waals surface area contributed by atoms with E-state index in [0.717, 1.165) is 15.8 Å². The first kappa shape index (κ1) is 26.9. The lowest BCUT2D eigenvalue weighted by Crippen LogP contribution is -2.46. The van der Waals surface area contributed by atoms with Gasteiger partial charge in [0.2, 0.25) is 12.7 Å². The Kier molecular flexibility index (Phi) is 6.74. The number of benzene rings is 3. The molecular weight excluding hydrogens is 562 g/mol. The van der Waals surface area contributed by atoms with Gasteiger partial charge >= 0.3 is 0 Å². The standard InChI is InChI=1S/C33H25N5O6/c39-29(18-37-26-10-4-2-8-23(26)31(40)33(37)42)38(17-20-6-5-13-34-15-20)30(24-16-35-25-9-3-1-7-22(24)25)32(41)36-21-11-12-27-28(14-21)44-19-43-27/h1-16,30,35H,17-19H2,(H,36,41)/t30-/m0/s1. The Morgan fingerprint density at radius 2 is 1.80 bits per heavy atom. The molecule has 44 heavy (non-hydrogen) atoms. The van der Waals surface area contributed by atoms with Crippen molar-refractivity contribution in [1.82, 2.24) is 14.9 Å². The fourth-order valence-corrected chi connectivity index (χ4v) is 5.60. The van der Waals surface area contributed by atoms with Gasteiger partial charge in [-0.2, -0.15) is 0 Å². The molecule has 0 radical (unpaired) electrons. The Labute approximate surface area is 251 Å². The molecule has 1 atom stereocenters. The highest BCUT2D eigenvalue weighted by Crippen LogP contribution is 2.36. The van der Waals surface area contributed by atoms with E-state index in [4.69, 9.17) is 9.47 Å². The summed E-state index contributed by atoms with van der Waals surface area (Å²) < 4.78 is 10.9. The number of para-hydroxylation sites is 2. The minimum absolute atomic E-state index is 0.00301. The molecule has 3 amide bonds. The van der Waals surface area contributed by atoms with Crippen LogP contribution in [0.3, 0.4) is 0 Å². The lowest BCUT2D eigenvalue weighted by molar-refractivity contribution is -0.139. The molecule has 7 rings (SSSR count). The number of nitrogens with one attached hydrogen (secondary N) is 2. The van der Waals surface area contributed by atoms with Crippen LogP contribution in [0.4, 0.5) is 11.4 Å². The van der Waals surface area contributed by atoms with Gasteiger partial charge in [0.05, 0.1) is 11.3 Å². The molecule has 2 aliphatic heterocycles. The topological polar surface area (TPSA) is 134 Å². The van der Waals surface area contributed by atoms with Crippen molar-refractivity contribution in [1.29, 1.82) is 0 Å². The number of anilines is 2. The largest absolute Gasteiger partial charge is 0.454 e. The van der Waals surface area contributed by atoms with Crippen molar-refractivity contribution in [2.24, 2.45) is 0 Å². The van der Waals surface area contributed by atoms with E-state index in [1.165, 1.54) is 4.90 Å². The van der Waals surface area contributed by atoms with Crippen molar-refractivity contribution < 1.29 is 28.7 Å². The molecule has 11 nitrogen and oxygen atoms in total. The Morgan fingerprint density at radius 3 is 2.66 bits per heavy atom. The summed E-state index contributed by atoms with van der Waals surface area (Å²) >= 11 is 0. The summed E-state index contributed by atoms with van der Waals surface area (Å²) in [5.74, 6) is -1.45. The monoisotopic (exact) mass is 587 g/mol. The maximum Gasteiger partial charge on any atom is 0.299 e. The van der Waals surface area contributed by atoms with Crippen LogP contribution in [0, 0.1) is 0 Å². The van der Waals surface area contributed by atoms with E-state index in [1.807, 2.05) is 24.3 Å². The summed E-state index contributed by atoms with van der Waals surface area (Å²) in [6.07, 6.45) is 4.94. The molecule has 0 aliphatic carbocycles. The Hall–Kier alpha value is -5.97. The number of amides is 3. The van der Waals surface area contributed by atoms with Crippen molar-refractivity contribution in [2.75, 3.05) is 23.6 Å². The summed E-state index contributed by atoms with van der Waals surface area (Å²) in [5.41, 5.74) is 3.05. The summed E-state index contributed by atoms with van der Waals surface area (Å²) in [6.45, 7) is -0.361. The van der Waals surface area contributed by atoms with E-state index in [1.54, 1.807) is 73.2 Å². The quantitative estimate of drug-likeness (QED) is 0.260. The number of hydrogen-bond acceptors (Lipinski definition) is 7. The van der Waals surface area contributed by atoms with Crippen LogP contribution in [-0.2, 0) is 20.9 Å². The van der Waals surface area contributed by atoms with Crippen LogP contribution in [-0.4, -0.2) is 51.7 Å². The fourth-order valence-electron chi connectivity index (χ4n) is 5.60.